The zero-order valence-corrected chi connectivity index (χ0v) is 19.6. The molecule has 9 nitrogen and oxygen atoms in total. The number of carbonyl (C=O) groups is 2. The summed E-state index contributed by atoms with van der Waals surface area (Å²) >= 11 is 0. The van der Waals surface area contributed by atoms with Gasteiger partial charge in [-0.3, -0.25) is 9.59 Å². The minimum atomic E-state index is -0.384. The Morgan fingerprint density at radius 2 is 2.09 bits per heavy atom. The van der Waals surface area contributed by atoms with Crippen LogP contribution in [-0.4, -0.2) is 79.4 Å². The van der Waals surface area contributed by atoms with Gasteiger partial charge in [0.2, 0.25) is 5.91 Å². The predicted octanol–water partition coefficient (Wildman–Crippen LogP) is 2.16. The first-order valence-corrected chi connectivity index (χ1v) is 11.8. The van der Waals surface area contributed by atoms with E-state index in [1.165, 1.54) is 24.3 Å². The number of anilines is 1. The summed E-state index contributed by atoms with van der Waals surface area (Å²) in [5.74, 6) is 0.548. The highest BCUT2D eigenvalue weighted by Gasteiger charge is 2.30. The van der Waals surface area contributed by atoms with Crippen LogP contribution < -0.4 is 15.0 Å². The number of likely N-dealkylation sites (tertiary alicyclic amines) is 1. The molecule has 0 radical (unpaired) electrons. The number of allylic oxidation sites excluding steroid dienone is 1. The molecule has 0 aliphatic carbocycles. The summed E-state index contributed by atoms with van der Waals surface area (Å²) in [4.78, 5) is 35.4. The average molecular weight is 465 g/mol. The zero-order chi connectivity index (χ0) is 23.9. The normalized spacial score (nSPS) is 22.0. The van der Waals surface area contributed by atoms with Crippen LogP contribution in [0.15, 0.2) is 52.9 Å². The monoisotopic (exact) mass is 464 g/mol. The van der Waals surface area contributed by atoms with Gasteiger partial charge in [-0.05, 0) is 63.1 Å². The first kappa shape index (κ1) is 23.7. The lowest BCUT2D eigenvalue weighted by Crippen LogP contribution is -2.53. The van der Waals surface area contributed by atoms with Crippen LogP contribution in [0.25, 0.3) is 0 Å². The Bertz CT molecular complexity index is 1000. The number of ether oxygens (including phenoxy) is 1. The fraction of sp³-hybridized carbons (Fsp3) is 0.440. The third kappa shape index (κ3) is 5.53. The van der Waals surface area contributed by atoms with Crippen molar-refractivity contribution in [1.29, 1.82) is 5.41 Å². The Morgan fingerprint density at radius 3 is 2.74 bits per heavy atom. The van der Waals surface area contributed by atoms with Crippen molar-refractivity contribution in [1.82, 2.24) is 15.1 Å². The molecule has 1 unspecified atom stereocenters. The molecule has 0 spiro atoms. The van der Waals surface area contributed by atoms with E-state index < -0.39 is 0 Å². The smallest absolute Gasteiger partial charge is 0.259 e. The molecule has 0 aromatic heterocycles. The Kier molecular flexibility index (Phi) is 7.74. The van der Waals surface area contributed by atoms with Gasteiger partial charge in [0.15, 0.2) is 0 Å². The Hall–Kier alpha value is -3.46. The van der Waals surface area contributed by atoms with E-state index in [4.69, 9.17) is 10.1 Å². The number of piperazine rings is 1. The van der Waals surface area contributed by atoms with Crippen molar-refractivity contribution in [2.75, 3.05) is 44.2 Å². The van der Waals surface area contributed by atoms with Gasteiger partial charge in [0, 0.05) is 50.0 Å². The van der Waals surface area contributed by atoms with Crippen LogP contribution in [0.5, 0.6) is 5.75 Å². The highest BCUT2D eigenvalue weighted by atomic mass is 16.5. The predicted molar refractivity (Wildman–Crippen MR) is 132 cm³/mol. The lowest BCUT2D eigenvalue weighted by atomic mass is 10.2. The number of hydrogen-bond donors (Lipinski definition) is 2. The molecule has 3 aliphatic heterocycles. The molecule has 180 valence electrons. The molecule has 2 N–H and O–H groups in total. The van der Waals surface area contributed by atoms with Crippen LogP contribution in [0.3, 0.4) is 0 Å². The second-order valence-electron chi connectivity index (χ2n) is 8.68. The minimum absolute atomic E-state index is 0.0455. The standard InChI is InChI=1S/C25H32N6O3/c1-19-5-2-12-29(19)13-4-16-34-21-8-6-20(7-9-21)31-15-14-30(18-23(31)32)25(33)22(17-26)24-27-10-3-11-28-24/h3,6-11,17,19,26-27H,2,4-5,12-16,18H2,1H3/b24-22-,26-17?. The molecule has 0 bridgehead atoms. The van der Waals surface area contributed by atoms with Crippen LogP contribution in [0.2, 0.25) is 0 Å². The zero-order valence-electron chi connectivity index (χ0n) is 19.6. The summed E-state index contributed by atoms with van der Waals surface area (Å²) < 4.78 is 5.88. The fourth-order valence-electron chi connectivity index (χ4n) is 4.50. The number of hydrogen-bond acceptors (Lipinski definition) is 7. The van der Waals surface area contributed by atoms with Gasteiger partial charge in [0.1, 0.15) is 18.1 Å². The molecule has 2 saturated heterocycles. The molecular formula is C25H32N6O3. The largest absolute Gasteiger partial charge is 0.494 e. The van der Waals surface area contributed by atoms with Crippen LogP contribution in [-0.2, 0) is 9.59 Å². The number of carbonyl (C=O) groups excluding carboxylic acids is 2. The summed E-state index contributed by atoms with van der Waals surface area (Å²) in [5, 5.41) is 10.5. The molecule has 3 aliphatic rings. The molecular weight excluding hydrogens is 432 g/mol. The molecule has 0 saturated carbocycles. The first-order chi connectivity index (χ1) is 16.6. The van der Waals surface area contributed by atoms with Crippen molar-refractivity contribution in [2.24, 2.45) is 4.99 Å². The van der Waals surface area contributed by atoms with Crippen LogP contribution in [0.4, 0.5) is 5.69 Å². The summed E-state index contributed by atoms with van der Waals surface area (Å²) in [6.07, 6.45) is 9.43. The maximum absolute atomic E-state index is 12.9. The molecule has 2 amide bonds. The SMILES string of the molecule is CC1CCCN1CCCOc1ccc(N2CCN(C(=O)/C(C=N)=C3\N=CC=CN3)CC2=O)cc1. The Balaban J connectivity index is 1.28. The number of nitrogens with one attached hydrogen (secondary N) is 2. The summed E-state index contributed by atoms with van der Waals surface area (Å²) in [7, 11) is 0. The van der Waals surface area contributed by atoms with Crippen molar-refractivity contribution in [2.45, 2.75) is 32.2 Å². The number of rotatable bonds is 8. The van der Waals surface area contributed by atoms with Gasteiger partial charge in [-0.25, -0.2) is 4.99 Å². The Labute approximate surface area is 200 Å². The molecule has 1 atom stereocenters. The van der Waals surface area contributed by atoms with Crippen LogP contribution in [0, 0.1) is 5.41 Å². The van der Waals surface area contributed by atoms with Gasteiger partial charge in [0.05, 0.1) is 12.2 Å². The number of aliphatic imine (C=N–C) groups is 1. The summed E-state index contributed by atoms with van der Waals surface area (Å²) in [5.41, 5.74) is 0.909. The van der Waals surface area contributed by atoms with Gasteiger partial charge in [-0.1, -0.05) is 0 Å². The molecule has 4 rings (SSSR count). The number of benzene rings is 1. The maximum atomic E-state index is 12.9. The third-order valence-electron chi connectivity index (χ3n) is 6.44. The van der Waals surface area contributed by atoms with Gasteiger partial charge in [0.25, 0.3) is 5.91 Å². The second-order valence-corrected chi connectivity index (χ2v) is 8.68. The van der Waals surface area contributed by atoms with Crippen molar-refractivity contribution >= 4 is 29.9 Å². The minimum Gasteiger partial charge on any atom is -0.494 e. The first-order valence-electron chi connectivity index (χ1n) is 11.8. The summed E-state index contributed by atoms with van der Waals surface area (Å²) in [6, 6.07) is 8.21. The Morgan fingerprint density at radius 1 is 1.26 bits per heavy atom. The van der Waals surface area contributed by atoms with Gasteiger partial charge < -0.3 is 30.2 Å². The van der Waals surface area contributed by atoms with E-state index in [2.05, 4.69) is 22.1 Å². The maximum Gasteiger partial charge on any atom is 0.259 e. The molecule has 2 fully saturated rings. The second kappa shape index (κ2) is 11.1. The van der Waals surface area contributed by atoms with Crippen molar-refractivity contribution in [3.8, 4) is 5.75 Å². The van der Waals surface area contributed by atoms with Gasteiger partial charge >= 0.3 is 0 Å². The van der Waals surface area contributed by atoms with Crippen LogP contribution in [0.1, 0.15) is 26.2 Å². The van der Waals surface area contributed by atoms with Gasteiger partial charge in [-0.2, -0.15) is 0 Å². The highest BCUT2D eigenvalue weighted by Crippen LogP contribution is 2.23. The molecule has 9 heteroatoms. The molecule has 34 heavy (non-hydrogen) atoms. The topological polar surface area (TPSA) is 101 Å². The van der Waals surface area contributed by atoms with E-state index in [9.17, 15) is 9.59 Å². The lowest BCUT2D eigenvalue weighted by molar-refractivity contribution is -0.133. The quantitative estimate of drug-likeness (QED) is 0.349. The number of nitrogens with zero attached hydrogens (tertiary/aromatic N) is 4. The van der Waals surface area contributed by atoms with E-state index >= 15 is 0 Å². The van der Waals surface area contributed by atoms with E-state index in [1.807, 2.05) is 24.3 Å². The fourth-order valence-corrected chi connectivity index (χ4v) is 4.50. The molecule has 3 heterocycles. The van der Waals surface area contributed by atoms with Crippen LogP contribution >= 0.6 is 0 Å². The molecule has 1 aromatic rings. The third-order valence-corrected chi connectivity index (χ3v) is 6.44. The average Bonchev–Trinajstić information content (AvgIpc) is 3.28. The van der Waals surface area contributed by atoms with E-state index in [-0.39, 0.29) is 23.9 Å². The molecule has 1 aromatic carbocycles. The van der Waals surface area contributed by atoms with Gasteiger partial charge in [-0.15, -0.1) is 0 Å². The summed E-state index contributed by atoms with van der Waals surface area (Å²) in [6.45, 7) is 5.92. The highest BCUT2D eigenvalue weighted by molar-refractivity contribution is 6.13. The van der Waals surface area contributed by atoms with E-state index in [0.29, 0.717) is 31.6 Å². The van der Waals surface area contributed by atoms with E-state index in [0.717, 1.165) is 30.6 Å². The van der Waals surface area contributed by atoms with Crippen molar-refractivity contribution < 1.29 is 14.3 Å². The lowest BCUT2D eigenvalue weighted by Gasteiger charge is -2.34. The van der Waals surface area contributed by atoms with E-state index in [1.54, 1.807) is 23.4 Å². The van der Waals surface area contributed by atoms with Crippen molar-refractivity contribution in [3.05, 3.63) is 47.9 Å². The van der Waals surface area contributed by atoms with Crippen molar-refractivity contribution in [3.63, 3.8) is 0 Å². The number of amides is 2.